The van der Waals surface area contributed by atoms with Gasteiger partial charge >= 0.3 is 11.9 Å². The molecule has 0 unspecified atom stereocenters. The third-order valence-electron chi connectivity index (χ3n) is 2.92. The van der Waals surface area contributed by atoms with Crippen LogP contribution in [0.25, 0.3) is 0 Å². The first kappa shape index (κ1) is 14.0. The van der Waals surface area contributed by atoms with E-state index in [-0.39, 0.29) is 6.42 Å². The lowest BCUT2D eigenvalue weighted by Gasteiger charge is -2.21. The number of benzene rings is 1. The van der Waals surface area contributed by atoms with Crippen molar-refractivity contribution in [2.24, 2.45) is 5.41 Å². The number of carboxylic acids is 2. The molecule has 1 aromatic rings. The van der Waals surface area contributed by atoms with Crippen LogP contribution in [0.15, 0.2) is 18.2 Å². The maximum atomic E-state index is 11.1. The topological polar surface area (TPSA) is 83.8 Å². The van der Waals surface area contributed by atoms with Gasteiger partial charge in [0.25, 0.3) is 0 Å². The Morgan fingerprint density at radius 2 is 1.83 bits per heavy atom. The van der Waals surface area contributed by atoms with Crippen LogP contribution in [0.3, 0.4) is 0 Å². The zero-order valence-electron chi connectivity index (χ0n) is 10.6. The first-order valence-corrected chi connectivity index (χ1v) is 5.41. The maximum absolute atomic E-state index is 11.1. The molecule has 0 spiro atoms. The number of carbonyl (C=O) groups is 2. The van der Waals surface area contributed by atoms with Crippen molar-refractivity contribution in [2.45, 2.75) is 20.3 Å². The van der Waals surface area contributed by atoms with Gasteiger partial charge in [-0.1, -0.05) is 17.7 Å². The Morgan fingerprint density at radius 1 is 1.28 bits per heavy atom. The van der Waals surface area contributed by atoms with Gasteiger partial charge in [-0.25, -0.2) is 0 Å². The second-order valence-electron chi connectivity index (χ2n) is 4.43. The van der Waals surface area contributed by atoms with Gasteiger partial charge in [-0.3, -0.25) is 9.59 Å². The summed E-state index contributed by atoms with van der Waals surface area (Å²) in [4.78, 5) is 22.3. The lowest BCUT2D eigenvalue weighted by molar-refractivity contribution is -0.163. The standard InChI is InChI=1S/C13H16O5/c1-8-4-5-10(18-3)9(6-8)7-13(2,11(14)15)12(16)17/h4-6H,7H2,1-3H3,(H,14,15)(H,16,17). The van der Waals surface area contributed by atoms with Crippen LogP contribution < -0.4 is 4.74 Å². The van der Waals surface area contributed by atoms with Crippen LogP contribution in [0.5, 0.6) is 5.75 Å². The molecule has 5 nitrogen and oxygen atoms in total. The SMILES string of the molecule is COc1ccc(C)cc1CC(C)(C(=O)O)C(=O)O. The van der Waals surface area contributed by atoms with Gasteiger partial charge in [-0.05, 0) is 25.5 Å². The molecule has 1 rings (SSSR count). The number of carboxylic acid groups (broad SMARTS) is 2. The molecule has 0 aliphatic heterocycles. The smallest absolute Gasteiger partial charge is 0.321 e. The highest BCUT2D eigenvalue weighted by molar-refractivity contribution is 5.98. The fourth-order valence-corrected chi connectivity index (χ4v) is 1.67. The highest BCUT2D eigenvalue weighted by Gasteiger charge is 2.42. The van der Waals surface area contributed by atoms with Crippen LogP contribution in [0, 0.1) is 12.3 Å². The van der Waals surface area contributed by atoms with E-state index in [1.54, 1.807) is 12.1 Å². The maximum Gasteiger partial charge on any atom is 0.321 e. The summed E-state index contributed by atoms with van der Waals surface area (Å²) in [7, 11) is 1.47. The van der Waals surface area contributed by atoms with Crippen molar-refractivity contribution in [3.8, 4) is 5.75 Å². The molecule has 0 atom stereocenters. The predicted molar refractivity (Wildman–Crippen MR) is 64.8 cm³/mol. The number of aryl methyl sites for hydroxylation is 1. The molecule has 0 heterocycles. The molecule has 0 bridgehead atoms. The number of hydrogen-bond acceptors (Lipinski definition) is 3. The van der Waals surface area contributed by atoms with E-state index in [1.807, 2.05) is 13.0 Å². The van der Waals surface area contributed by atoms with Crippen molar-refractivity contribution in [2.75, 3.05) is 7.11 Å². The first-order valence-electron chi connectivity index (χ1n) is 5.41. The molecule has 0 saturated carbocycles. The van der Waals surface area contributed by atoms with Gasteiger partial charge in [0.15, 0.2) is 5.41 Å². The van der Waals surface area contributed by atoms with E-state index in [1.165, 1.54) is 14.0 Å². The summed E-state index contributed by atoms with van der Waals surface area (Å²) in [5.41, 5.74) is -0.366. The molecular weight excluding hydrogens is 236 g/mol. The molecule has 18 heavy (non-hydrogen) atoms. The summed E-state index contributed by atoms with van der Waals surface area (Å²) in [6.45, 7) is 3.04. The van der Waals surface area contributed by atoms with Crippen LogP contribution in [0.4, 0.5) is 0 Å². The molecule has 0 radical (unpaired) electrons. The quantitative estimate of drug-likeness (QED) is 0.779. The third kappa shape index (κ3) is 2.61. The van der Waals surface area contributed by atoms with Crippen molar-refractivity contribution in [3.05, 3.63) is 29.3 Å². The number of ether oxygens (including phenoxy) is 1. The minimum Gasteiger partial charge on any atom is -0.496 e. The van der Waals surface area contributed by atoms with E-state index in [4.69, 9.17) is 14.9 Å². The number of rotatable bonds is 5. The van der Waals surface area contributed by atoms with E-state index in [2.05, 4.69) is 0 Å². The molecule has 5 heteroatoms. The Balaban J connectivity index is 3.20. The summed E-state index contributed by atoms with van der Waals surface area (Å²) in [5, 5.41) is 18.2. The molecule has 0 fully saturated rings. The molecule has 0 aromatic heterocycles. The van der Waals surface area contributed by atoms with Gasteiger partial charge < -0.3 is 14.9 Å². The van der Waals surface area contributed by atoms with Crippen molar-refractivity contribution in [3.63, 3.8) is 0 Å². The summed E-state index contributed by atoms with van der Waals surface area (Å²) < 4.78 is 5.12. The molecule has 0 aliphatic rings. The third-order valence-corrected chi connectivity index (χ3v) is 2.92. The first-order chi connectivity index (χ1) is 8.31. The van der Waals surface area contributed by atoms with Crippen LogP contribution in [-0.2, 0) is 16.0 Å². The molecule has 0 amide bonds. The van der Waals surface area contributed by atoms with Crippen LogP contribution in [-0.4, -0.2) is 29.3 Å². The van der Waals surface area contributed by atoms with E-state index in [0.717, 1.165) is 5.56 Å². The van der Waals surface area contributed by atoms with Crippen LogP contribution >= 0.6 is 0 Å². The number of aliphatic carboxylic acids is 2. The minimum absolute atomic E-state index is 0.123. The second-order valence-corrected chi connectivity index (χ2v) is 4.43. The van der Waals surface area contributed by atoms with Crippen LogP contribution in [0.2, 0.25) is 0 Å². The van der Waals surface area contributed by atoms with Gasteiger partial charge in [0.1, 0.15) is 5.75 Å². The van der Waals surface area contributed by atoms with E-state index in [9.17, 15) is 9.59 Å². The summed E-state index contributed by atoms with van der Waals surface area (Å²) in [6.07, 6.45) is -0.123. The Labute approximate surface area is 105 Å². The normalized spacial score (nSPS) is 11.1. The van der Waals surface area contributed by atoms with Gasteiger partial charge in [0, 0.05) is 6.42 Å². The lowest BCUT2D eigenvalue weighted by Crippen LogP contribution is -2.38. The number of hydrogen-bond donors (Lipinski definition) is 2. The Kier molecular flexibility index (Phi) is 3.96. The lowest BCUT2D eigenvalue weighted by atomic mass is 9.83. The minimum atomic E-state index is -1.86. The zero-order valence-corrected chi connectivity index (χ0v) is 10.6. The molecule has 2 N–H and O–H groups in total. The average Bonchev–Trinajstić information content (AvgIpc) is 2.28. The van der Waals surface area contributed by atoms with Gasteiger partial charge in [0.2, 0.25) is 0 Å². The van der Waals surface area contributed by atoms with Gasteiger partial charge in [-0.15, -0.1) is 0 Å². The second kappa shape index (κ2) is 5.08. The number of methoxy groups -OCH3 is 1. The molecule has 1 aromatic carbocycles. The Hall–Kier alpha value is -2.04. The molecule has 98 valence electrons. The largest absolute Gasteiger partial charge is 0.496 e. The van der Waals surface area contributed by atoms with Crippen molar-refractivity contribution in [1.82, 2.24) is 0 Å². The van der Waals surface area contributed by atoms with E-state index >= 15 is 0 Å². The highest BCUT2D eigenvalue weighted by atomic mass is 16.5. The summed E-state index contributed by atoms with van der Waals surface area (Å²) in [5.74, 6) is -2.23. The molecular formula is C13H16O5. The van der Waals surface area contributed by atoms with E-state index < -0.39 is 17.4 Å². The fourth-order valence-electron chi connectivity index (χ4n) is 1.67. The molecule has 0 saturated heterocycles. The molecule has 0 aliphatic carbocycles. The zero-order chi connectivity index (χ0) is 13.9. The fraction of sp³-hybridized carbons (Fsp3) is 0.385. The highest BCUT2D eigenvalue weighted by Crippen LogP contribution is 2.29. The summed E-state index contributed by atoms with van der Waals surface area (Å²) >= 11 is 0. The van der Waals surface area contributed by atoms with Gasteiger partial charge in [0.05, 0.1) is 7.11 Å². The predicted octanol–water partition coefficient (Wildman–Crippen LogP) is 1.72. The van der Waals surface area contributed by atoms with Crippen LogP contribution in [0.1, 0.15) is 18.1 Å². The van der Waals surface area contributed by atoms with Crippen molar-refractivity contribution < 1.29 is 24.5 Å². The summed E-state index contributed by atoms with van der Waals surface area (Å²) in [6, 6.07) is 5.26. The monoisotopic (exact) mass is 252 g/mol. The Morgan fingerprint density at radius 3 is 2.28 bits per heavy atom. The van der Waals surface area contributed by atoms with Crippen molar-refractivity contribution >= 4 is 11.9 Å². The van der Waals surface area contributed by atoms with Gasteiger partial charge in [-0.2, -0.15) is 0 Å². The van der Waals surface area contributed by atoms with E-state index in [0.29, 0.717) is 11.3 Å². The Bertz CT molecular complexity index is 464. The average molecular weight is 252 g/mol. The van der Waals surface area contributed by atoms with Crippen molar-refractivity contribution in [1.29, 1.82) is 0 Å².